The van der Waals surface area contributed by atoms with Gasteiger partial charge in [0.25, 0.3) is 0 Å². The third-order valence-corrected chi connectivity index (χ3v) is 4.27. The number of aliphatic hydroxyl groups is 1. The maximum atomic E-state index is 12.3. The number of hydrogen-bond acceptors (Lipinski definition) is 3. The first-order chi connectivity index (χ1) is 12.5. The summed E-state index contributed by atoms with van der Waals surface area (Å²) in [5.41, 5.74) is 9.85. The van der Waals surface area contributed by atoms with E-state index in [0.717, 1.165) is 18.5 Å². The van der Waals surface area contributed by atoms with Gasteiger partial charge in [0.2, 0.25) is 0 Å². The van der Waals surface area contributed by atoms with Gasteiger partial charge >= 0.3 is 6.61 Å². The number of halogens is 3. The van der Waals surface area contributed by atoms with E-state index in [0.29, 0.717) is 5.56 Å². The van der Waals surface area contributed by atoms with Crippen molar-refractivity contribution in [3.8, 4) is 5.75 Å². The SMILES string of the molecule is I.NC(=NCC(O)c1cccc(OC(F)F)c1)Nc1ccc2c(c1)CCC2. The Kier molecular flexibility index (Phi) is 7.78. The van der Waals surface area contributed by atoms with Gasteiger partial charge in [0.05, 0.1) is 12.6 Å². The number of anilines is 1. The van der Waals surface area contributed by atoms with Gasteiger partial charge in [-0.2, -0.15) is 8.78 Å². The van der Waals surface area contributed by atoms with Crippen LogP contribution in [0.2, 0.25) is 0 Å². The summed E-state index contributed by atoms with van der Waals surface area (Å²) >= 11 is 0. The van der Waals surface area contributed by atoms with Crippen molar-refractivity contribution >= 4 is 35.6 Å². The van der Waals surface area contributed by atoms with E-state index < -0.39 is 12.7 Å². The lowest BCUT2D eigenvalue weighted by atomic mass is 10.1. The van der Waals surface area contributed by atoms with Crippen LogP contribution in [0.1, 0.15) is 29.2 Å². The van der Waals surface area contributed by atoms with E-state index in [2.05, 4.69) is 27.2 Å². The van der Waals surface area contributed by atoms with Crippen LogP contribution in [0.5, 0.6) is 5.75 Å². The van der Waals surface area contributed by atoms with Crippen LogP contribution in [0.15, 0.2) is 47.5 Å². The maximum absolute atomic E-state index is 12.3. The number of nitrogens with zero attached hydrogens (tertiary/aromatic N) is 1. The lowest BCUT2D eigenvalue weighted by molar-refractivity contribution is -0.0499. The Labute approximate surface area is 173 Å². The summed E-state index contributed by atoms with van der Waals surface area (Å²) in [6, 6.07) is 12.0. The van der Waals surface area contributed by atoms with Gasteiger partial charge in [-0.3, -0.25) is 4.99 Å². The number of aliphatic imine (C=N–C) groups is 1. The van der Waals surface area contributed by atoms with Crippen LogP contribution in [0.25, 0.3) is 0 Å². The lowest BCUT2D eigenvalue weighted by Gasteiger charge is -2.12. The number of ether oxygens (including phenoxy) is 1. The van der Waals surface area contributed by atoms with E-state index in [9.17, 15) is 13.9 Å². The second-order valence-electron chi connectivity index (χ2n) is 6.15. The quantitative estimate of drug-likeness (QED) is 0.327. The Balaban J connectivity index is 0.00000261. The molecular formula is C19H22F2IN3O2. The molecule has 1 aliphatic carbocycles. The van der Waals surface area contributed by atoms with Gasteiger partial charge in [0.1, 0.15) is 5.75 Å². The molecular weight excluding hydrogens is 467 g/mol. The number of fused-ring (bicyclic) bond motifs is 1. The van der Waals surface area contributed by atoms with Crippen molar-refractivity contribution in [2.45, 2.75) is 32.0 Å². The second-order valence-corrected chi connectivity index (χ2v) is 6.15. The van der Waals surface area contributed by atoms with Crippen LogP contribution < -0.4 is 15.8 Å². The predicted molar refractivity (Wildman–Crippen MR) is 112 cm³/mol. The van der Waals surface area contributed by atoms with Crippen LogP contribution in [-0.2, 0) is 12.8 Å². The first kappa shape index (κ1) is 21.4. The molecule has 0 spiro atoms. The number of guanidine groups is 1. The molecule has 4 N–H and O–H groups in total. The molecule has 0 amide bonds. The molecule has 27 heavy (non-hydrogen) atoms. The van der Waals surface area contributed by atoms with E-state index in [1.54, 1.807) is 6.07 Å². The summed E-state index contributed by atoms with van der Waals surface area (Å²) in [6.45, 7) is -2.91. The van der Waals surface area contributed by atoms with E-state index >= 15 is 0 Å². The fourth-order valence-corrected chi connectivity index (χ4v) is 3.03. The van der Waals surface area contributed by atoms with Crippen molar-refractivity contribution in [3.63, 3.8) is 0 Å². The van der Waals surface area contributed by atoms with Crippen LogP contribution in [0.4, 0.5) is 14.5 Å². The van der Waals surface area contributed by atoms with Gasteiger partial charge in [-0.25, -0.2) is 0 Å². The van der Waals surface area contributed by atoms with Gasteiger partial charge in [0.15, 0.2) is 5.96 Å². The van der Waals surface area contributed by atoms with Crippen molar-refractivity contribution in [1.29, 1.82) is 0 Å². The van der Waals surface area contributed by atoms with Crippen LogP contribution >= 0.6 is 24.0 Å². The number of hydrogen-bond donors (Lipinski definition) is 3. The zero-order valence-corrected chi connectivity index (χ0v) is 16.9. The van der Waals surface area contributed by atoms with Gasteiger partial charge in [-0.15, -0.1) is 24.0 Å². The fraction of sp³-hybridized carbons (Fsp3) is 0.316. The van der Waals surface area contributed by atoms with Crippen LogP contribution in [0.3, 0.4) is 0 Å². The standard InChI is InChI=1S/C19H21F2N3O2.HI/c20-18(21)26-16-6-2-5-14(10-16)17(25)11-23-19(22)24-15-8-7-12-3-1-4-13(12)9-15;/h2,5-10,17-18,25H,1,3-4,11H2,(H3,22,23,24);1H. The largest absolute Gasteiger partial charge is 0.435 e. The zero-order chi connectivity index (χ0) is 18.5. The summed E-state index contributed by atoms with van der Waals surface area (Å²) < 4.78 is 28.9. The number of nitrogens with two attached hydrogens (primary N) is 1. The molecule has 0 heterocycles. The number of aliphatic hydroxyl groups excluding tert-OH is 1. The highest BCUT2D eigenvalue weighted by Crippen LogP contribution is 2.25. The highest BCUT2D eigenvalue weighted by molar-refractivity contribution is 14.0. The van der Waals surface area contributed by atoms with Crippen molar-refractivity contribution in [3.05, 3.63) is 59.2 Å². The Hall–Kier alpha value is -1.94. The summed E-state index contributed by atoms with van der Waals surface area (Å²) in [6.07, 6.45) is 2.37. The van der Waals surface area contributed by atoms with Crippen molar-refractivity contribution in [2.75, 3.05) is 11.9 Å². The number of alkyl halides is 2. The third kappa shape index (κ3) is 6.03. The van der Waals surface area contributed by atoms with E-state index in [1.807, 2.05) is 6.07 Å². The molecule has 3 rings (SSSR count). The van der Waals surface area contributed by atoms with Crippen LogP contribution in [0, 0.1) is 0 Å². The molecule has 146 valence electrons. The minimum atomic E-state index is -2.91. The third-order valence-electron chi connectivity index (χ3n) is 4.27. The van der Waals surface area contributed by atoms with Crippen molar-refractivity contribution in [2.24, 2.45) is 10.7 Å². The molecule has 1 atom stereocenters. The van der Waals surface area contributed by atoms with E-state index in [1.165, 1.54) is 35.7 Å². The minimum Gasteiger partial charge on any atom is -0.435 e. The molecule has 1 aliphatic rings. The molecule has 2 aromatic rings. The lowest BCUT2D eigenvalue weighted by Crippen LogP contribution is -2.23. The Morgan fingerprint density at radius 2 is 1.96 bits per heavy atom. The van der Waals surface area contributed by atoms with Gasteiger partial charge in [0, 0.05) is 5.69 Å². The van der Waals surface area contributed by atoms with E-state index in [-0.39, 0.29) is 42.2 Å². The topological polar surface area (TPSA) is 79.9 Å². The van der Waals surface area contributed by atoms with Gasteiger partial charge < -0.3 is 20.9 Å². The Morgan fingerprint density at radius 1 is 1.19 bits per heavy atom. The molecule has 5 nitrogen and oxygen atoms in total. The smallest absolute Gasteiger partial charge is 0.387 e. The zero-order valence-electron chi connectivity index (χ0n) is 14.6. The Morgan fingerprint density at radius 3 is 2.74 bits per heavy atom. The molecule has 2 aromatic carbocycles. The molecule has 8 heteroatoms. The van der Waals surface area contributed by atoms with Gasteiger partial charge in [-0.1, -0.05) is 18.2 Å². The highest BCUT2D eigenvalue weighted by atomic mass is 127. The number of nitrogens with one attached hydrogen (secondary N) is 1. The number of aryl methyl sites for hydroxylation is 2. The van der Waals surface area contributed by atoms with E-state index in [4.69, 9.17) is 5.73 Å². The Bertz CT molecular complexity index is 802. The van der Waals surface area contributed by atoms with Gasteiger partial charge in [-0.05, 0) is 60.2 Å². The summed E-state index contributed by atoms with van der Waals surface area (Å²) in [7, 11) is 0. The molecule has 0 fully saturated rings. The fourth-order valence-electron chi connectivity index (χ4n) is 3.03. The van der Waals surface area contributed by atoms with Crippen molar-refractivity contribution < 1.29 is 18.6 Å². The molecule has 0 bridgehead atoms. The maximum Gasteiger partial charge on any atom is 0.387 e. The molecule has 0 aliphatic heterocycles. The number of benzene rings is 2. The predicted octanol–water partition coefficient (Wildman–Crippen LogP) is 3.85. The second kappa shape index (κ2) is 9.84. The summed E-state index contributed by atoms with van der Waals surface area (Å²) in [4.78, 5) is 4.12. The first-order valence-electron chi connectivity index (χ1n) is 8.43. The number of rotatable bonds is 6. The molecule has 0 saturated heterocycles. The normalized spacial score (nSPS) is 14.4. The minimum absolute atomic E-state index is 0. The summed E-state index contributed by atoms with van der Waals surface area (Å²) in [5.74, 6) is 0.173. The average Bonchev–Trinajstić information content (AvgIpc) is 3.07. The molecule has 1 unspecified atom stereocenters. The average molecular weight is 489 g/mol. The molecule has 0 aromatic heterocycles. The summed E-state index contributed by atoms with van der Waals surface area (Å²) in [5, 5.41) is 13.2. The molecule has 0 saturated carbocycles. The first-order valence-corrected chi connectivity index (χ1v) is 8.43. The molecule has 0 radical (unpaired) electrons. The van der Waals surface area contributed by atoms with Crippen LogP contribution in [-0.4, -0.2) is 24.2 Å². The highest BCUT2D eigenvalue weighted by Gasteiger charge is 2.12. The monoisotopic (exact) mass is 489 g/mol. The van der Waals surface area contributed by atoms with Crippen molar-refractivity contribution in [1.82, 2.24) is 0 Å².